The molecular weight excluding hydrogens is 380 g/mol. The standard InChI is InChI=1S/C20H28N2O3S2/c1-25-19-8-6-17(7-9-19)16-27(23,24)21-14-20(18-10-13-26-15-18)22-11-4-2-3-5-12-22/h6-10,13,15,20-21H,2-5,11-12,14,16H2,1H3. The van der Waals surface area contributed by atoms with E-state index in [9.17, 15) is 8.42 Å². The van der Waals surface area contributed by atoms with Crippen molar-refractivity contribution >= 4 is 21.4 Å². The van der Waals surface area contributed by atoms with E-state index in [-0.39, 0.29) is 11.8 Å². The minimum Gasteiger partial charge on any atom is -0.497 e. The molecule has 148 valence electrons. The molecule has 1 aromatic carbocycles. The number of likely N-dealkylation sites (tertiary alicyclic amines) is 1. The highest BCUT2D eigenvalue weighted by atomic mass is 32.2. The predicted octanol–water partition coefficient (Wildman–Crippen LogP) is 3.79. The van der Waals surface area contributed by atoms with Crippen molar-refractivity contribution in [3.05, 3.63) is 52.2 Å². The van der Waals surface area contributed by atoms with Crippen molar-refractivity contribution in [3.63, 3.8) is 0 Å². The lowest BCUT2D eigenvalue weighted by atomic mass is 10.1. The minimum absolute atomic E-state index is 0.0205. The van der Waals surface area contributed by atoms with E-state index >= 15 is 0 Å². The molecule has 1 unspecified atom stereocenters. The van der Waals surface area contributed by atoms with Crippen molar-refractivity contribution in [1.82, 2.24) is 9.62 Å². The lowest BCUT2D eigenvalue weighted by Crippen LogP contribution is -2.38. The second-order valence-electron chi connectivity index (χ2n) is 6.98. The molecular formula is C20H28N2O3S2. The maximum absolute atomic E-state index is 12.6. The molecule has 0 bridgehead atoms. The van der Waals surface area contributed by atoms with Gasteiger partial charge < -0.3 is 4.74 Å². The summed E-state index contributed by atoms with van der Waals surface area (Å²) >= 11 is 1.66. The van der Waals surface area contributed by atoms with Crippen LogP contribution in [0.15, 0.2) is 41.1 Å². The molecule has 27 heavy (non-hydrogen) atoms. The number of hydrogen-bond donors (Lipinski definition) is 1. The molecule has 1 saturated heterocycles. The molecule has 0 radical (unpaired) electrons. The third kappa shape index (κ3) is 6.04. The zero-order valence-corrected chi connectivity index (χ0v) is 17.4. The van der Waals surface area contributed by atoms with Crippen molar-refractivity contribution in [2.75, 3.05) is 26.7 Å². The molecule has 5 nitrogen and oxygen atoms in total. The summed E-state index contributed by atoms with van der Waals surface area (Å²) in [4.78, 5) is 2.44. The molecule has 2 heterocycles. The lowest BCUT2D eigenvalue weighted by molar-refractivity contribution is 0.206. The molecule has 1 fully saturated rings. The lowest BCUT2D eigenvalue weighted by Gasteiger charge is -2.30. The molecule has 2 aromatic rings. The Labute approximate surface area is 166 Å². The first-order valence-corrected chi connectivity index (χ1v) is 12.0. The molecule has 1 aliphatic heterocycles. The Morgan fingerprint density at radius 2 is 1.81 bits per heavy atom. The molecule has 1 atom stereocenters. The van der Waals surface area contributed by atoms with E-state index in [0.717, 1.165) is 24.4 Å². The van der Waals surface area contributed by atoms with Gasteiger partial charge in [0.05, 0.1) is 12.9 Å². The number of methoxy groups -OCH3 is 1. The average molecular weight is 409 g/mol. The number of thiophene rings is 1. The number of benzene rings is 1. The number of rotatable bonds is 8. The van der Waals surface area contributed by atoms with E-state index in [1.54, 1.807) is 42.7 Å². The van der Waals surface area contributed by atoms with E-state index in [2.05, 4.69) is 26.4 Å². The van der Waals surface area contributed by atoms with E-state index in [4.69, 9.17) is 4.74 Å². The van der Waals surface area contributed by atoms with Crippen LogP contribution in [-0.2, 0) is 15.8 Å². The first-order chi connectivity index (χ1) is 13.1. The summed E-state index contributed by atoms with van der Waals surface area (Å²) in [5.74, 6) is 0.704. The topological polar surface area (TPSA) is 58.6 Å². The SMILES string of the molecule is COc1ccc(CS(=O)(=O)NCC(c2ccsc2)N2CCCCCC2)cc1. The van der Waals surface area contributed by atoms with Gasteiger partial charge in [-0.1, -0.05) is 25.0 Å². The van der Waals surface area contributed by atoms with Crippen molar-refractivity contribution in [1.29, 1.82) is 0 Å². The van der Waals surface area contributed by atoms with Crippen molar-refractivity contribution < 1.29 is 13.2 Å². The zero-order chi connectivity index (χ0) is 19.1. The predicted molar refractivity (Wildman–Crippen MR) is 111 cm³/mol. The van der Waals surface area contributed by atoms with Gasteiger partial charge in [-0.05, 0) is 66.0 Å². The molecule has 7 heteroatoms. The van der Waals surface area contributed by atoms with Gasteiger partial charge in [0, 0.05) is 12.6 Å². The van der Waals surface area contributed by atoms with Gasteiger partial charge >= 0.3 is 0 Å². The van der Waals surface area contributed by atoms with Gasteiger partial charge in [0.25, 0.3) is 0 Å². The van der Waals surface area contributed by atoms with Gasteiger partial charge in [0.15, 0.2) is 0 Å². The fraction of sp³-hybridized carbons (Fsp3) is 0.500. The Kier molecular flexibility index (Phi) is 7.29. The molecule has 0 amide bonds. The second kappa shape index (κ2) is 9.68. The fourth-order valence-corrected chi connectivity index (χ4v) is 5.38. The molecule has 3 rings (SSSR count). The largest absolute Gasteiger partial charge is 0.497 e. The van der Waals surface area contributed by atoms with E-state index in [1.807, 2.05) is 0 Å². The summed E-state index contributed by atoms with van der Waals surface area (Å²) in [6.45, 7) is 2.47. The monoisotopic (exact) mass is 408 g/mol. The highest BCUT2D eigenvalue weighted by Gasteiger charge is 2.24. The Bertz CT molecular complexity index is 781. The number of nitrogens with zero attached hydrogens (tertiary/aromatic N) is 1. The third-order valence-corrected chi connectivity index (χ3v) is 7.04. The van der Waals surface area contributed by atoms with Gasteiger partial charge in [-0.15, -0.1) is 0 Å². The summed E-state index contributed by atoms with van der Waals surface area (Å²) in [5, 5.41) is 4.19. The summed E-state index contributed by atoms with van der Waals surface area (Å²) in [7, 11) is -1.80. The zero-order valence-electron chi connectivity index (χ0n) is 15.8. The molecule has 1 aromatic heterocycles. The minimum atomic E-state index is -3.40. The quantitative estimate of drug-likeness (QED) is 0.722. The van der Waals surface area contributed by atoms with Crippen LogP contribution in [0.5, 0.6) is 5.75 Å². The van der Waals surface area contributed by atoms with Crippen LogP contribution in [-0.4, -0.2) is 40.1 Å². The average Bonchev–Trinajstić information content (AvgIpc) is 3.05. The third-order valence-electron chi connectivity index (χ3n) is 5.02. The maximum Gasteiger partial charge on any atom is 0.215 e. The van der Waals surface area contributed by atoms with Crippen LogP contribution in [0.25, 0.3) is 0 Å². The molecule has 1 aliphatic rings. The van der Waals surface area contributed by atoms with Crippen LogP contribution < -0.4 is 9.46 Å². The second-order valence-corrected chi connectivity index (χ2v) is 9.57. The normalized spacial score (nSPS) is 17.4. The fourth-order valence-electron chi connectivity index (χ4n) is 3.53. The summed E-state index contributed by atoms with van der Waals surface area (Å²) < 4.78 is 33.2. The van der Waals surface area contributed by atoms with Crippen molar-refractivity contribution in [2.24, 2.45) is 0 Å². The van der Waals surface area contributed by atoms with Gasteiger partial charge in [0.2, 0.25) is 10.0 Å². The van der Waals surface area contributed by atoms with Gasteiger partial charge in [0.1, 0.15) is 5.75 Å². The Balaban J connectivity index is 1.66. The summed E-state index contributed by atoms with van der Waals surface area (Å²) in [5.41, 5.74) is 1.96. The smallest absolute Gasteiger partial charge is 0.215 e. The Morgan fingerprint density at radius 3 is 2.41 bits per heavy atom. The Hall–Kier alpha value is -1.41. The molecule has 0 saturated carbocycles. The van der Waals surface area contributed by atoms with Gasteiger partial charge in [-0.3, -0.25) is 4.90 Å². The number of hydrogen-bond acceptors (Lipinski definition) is 5. The maximum atomic E-state index is 12.6. The summed E-state index contributed by atoms with van der Waals surface area (Å²) in [6.07, 6.45) is 4.88. The van der Waals surface area contributed by atoms with E-state index in [1.165, 1.54) is 31.2 Å². The number of nitrogens with one attached hydrogen (secondary N) is 1. The van der Waals surface area contributed by atoms with Crippen LogP contribution in [0.3, 0.4) is 0 Å². The van der Waals surface area contributed by atoms with Crippen molar-refractivity contribution in [3.8, 4) is 5.75 Å². The van der Waals surface area contributed by atoms with Crippen LogP contribution in [0.1, 0.15) is 42.9 Å². The molecule has 0 aliphatic carbocycles. The van der Waals surface area contributed by atoms with Crippen LogP contribution >= 0.6 is 11.3 Å². The Morgan fingerprint density at radius 1 is 1.11 bits per heavy atom. The first kappa shape index (κ1) is 20.3. The van der Waals surface area contributed by atoms with Crippen LogP contribution in [0.2, 0.25) is 0 Å². The highest BCUT2D eigenvalue weighted by Crippen LogP contribution is 2.26. The van der Waals surface area contributed by atoms with E-state index < -0.39 is 10.0 Å². The van der Waals surface area contributed by atoms with Gasteiger partial charge in [-0.25, -0.2) is 13.1 Å². The van der Waals surface area contributed by atoms with Crippen LogP contribution in [0.4, 0.5) is 0 Å². The van der Waals surface area contributed by atoms with E-state index in [0.29, 0.717) is 6.54 Å². The molecule has 1 N–H and O–H groups in total. The number of sulfonamides is 1. The van der Waals surface area contributed by atoms with Crippen LogP contribution in [0, 0.1) is 0 Å². The number of ether oxygens (including phenoxy) is 1. The first-order valence-electron chi connectivity index (χ1n) is 9.44. The molecule has 0 spiro atoms. The van der Waals surface area contributed by atoms with Crippen molar-refractivity contribution in [2.45, 2.75) is 37.5 Å². The summed E-state index contributed by atoms with van der Waals surface area (Å²) in [6, 6.07) is 9.37. The van der Waals surface area contributed by atoms with Gasteiger partial charge in [-0.2, -0.15) is 11.3 Å². The highest BCUT2D eigenvalue weighted by molar-refractivity contribution is 7.88.